The van der Waals surface area contributed by atoms with Gasteiger partial charge < -0.3 is 43.1 Å². The molecule has 4 aromatic heterocycles. The number of hydrogen-bond acceptors (Lipinski definition) is 10. The Hall–Kier alpha value is -6.14. The number of alkyl halides is 6. The van der Waals surface area contributed by atoms with E-state index in [1.807, 2.05) is 47.2 Å². The second-order valence-electron chi connectivity index (χ2n) is 15.2. The van der Waals surface area contributed by atoms with Crippen LogP contribution in [0.4, 0.5) is 26.3 Å². The van der Waals surface area contributed by atoms with Gasteiger partial charge in [-0.05, 0) is 85.8 Å². The van der Waals surface area contributed by atoms with E-state index in [1.165, 1.54) is 18.2 Å². The van der Waals surface area contributed by atoms with Crippen molar-refractivity contribution in [3.05, 3.63) is 118 Å². The molecule has 14 nitrogen and oxygen atoms in total. The Morgan fingerprint density at radius 1 is 0.716 bits per heavy atom. The van der Waals surface area contributed by atoms with Crippen molar-refractivity contribution < 1.29 is 89.8 Å². The molecule has 4 heterocycles. The summed E-state index contributed by atoms with van der Waals surface area (Å²) >= 11 is 0. The molecule has 0 aliphatic carbocycles. The number of hydrogen-bond donors (Lipinski definition) is 1. The van der Waals surface area contributed by atoms with Crippen LogP contribution in [0.1, 0.15) is 73.2 Å². The summed E-state index contributed by atoms with van der Waals surface area (Å²) in [5, 5.41) is 15.3. The quantitative estimate of drug-likeness (QED) is 0.0404. The molecule has 0 spiro atoms. The van der Waals surface area contributed by atoms with E-state index in [9.17, 15) is 31.1 Å². The summed E-state index contributed by atoms with van der Waals surface area (Å²) in [7, 11) is 0. The van der Waals surface area contributed by atoms with Crippen molar-refractivity contribution in [2.24, 2.45) is 0 Å². The standard InChI is InChI=1S/C23H21F3N4O2.C23H22F3N3O4.Na.H2O/c1-3-5-16-20(9-7-17-21(16)32-29-22(17)23(24,25)26)31-11-4-10-30-14-28-18-12-15(13-27-2)6-8-19(18)30;1-2-4-15-19(8-6-16-21(15)33-28-22(16)23(24,25)26)32-10-3-9-29-13-27-17-11-14(12-20(30)31)5-7-18(17)29;;/h6-9,12,14H,3-5,10-11,13H2,1H3;5-8,11,13H,2-4,9-10,12H2,1H3,(H,30,31);;1H2/q;;+1;/p-1. The van der Waals surface area contributed by atoms with Gasteiger partial charge in [0.1, 0.15) is 11.5 Å². The van der Waals surface area contributed by atoms with E-state index < -0.39 is 29.7 Å². The first-order chi connectivity index (χ1) is 31.2. The van der Waals surface area contributed by atoms with Crippen LogP contribution in [0.5, 0.6) is 11.5 Å². The number of aliphatic carboxylic acids is 1. The third kappa shape index (κ3) is 12.1. The Bertz CT molecular complexity index is 2990. The van der Waals surface area contributed by atoms with Crippen LogP contribution in [0.15, 0.2) is 82.4 Å². The molecule has 0 aliphatic rings. The summed E-state index contributed by atoms with van der Waals surface area (Å²) < 4.78 is 105. The molecule has 67 heavy (non-hydrogen) atoms. The molecule has 0 saturated heterocycles. The summed E-state index contributed by atoms with van der Waals surface area (Å²) in [4.78, 5) is 23.0. The fourth-order valence-electron chi connectivity index (χ4n) is 7.62. The number of nitrogens with zero attached hydrogens (tertiary/aromatic N) is 7. The van der Waals surface area contributed by atoms with Gasteiger partial charge in [-0.3, -0.25) is 4.79 Å². The monoisotopic (exact) mass is 943 g/mol. The zero-order chi connectivity index (χ0) is 46.3. The zero-order valence-corrected chi connectivity index (χ0v) is 38.7. The SMILES string of the molecule is CCCc1c(OCCCn2cnc3cc(CC(=O)O)ccc32)ccc2c(C(F)(F)F)noc12.[C-]#[N+]Cc1ccc2c(c1)ncn2CCCOc1ccc2c(C(F)(F)F)noc2c1CCC.[Na+].[OH-]. The topological polar surface area (TPSA) is 178 Å². The van der Waals surface area contributed by atoms with Crippen molar-refractivity contribution in [2.75, 3.05) is 13.2 Å². The number of aromatic nitrogens is 6. The van der Waals surface area contributed by atoms with Crippen LogP contribution in [0, 0.1) is 6.57 Å². The van der Waals surface area contributed by atoms with Gasteiger partial charge >= 0.3 is 47.9 Å². The van der Waals surface area contributed by atoms with E-state index in [1.54, 1.807) is 30.9 Å². The predicted octanol–water partition coefficient (Wildman–Crippen LogP) is 8.11. The molecule has 21 heteroatoms. The molecular formula is C46H44F6N7NaO7. The first kappa shape index (κ1) is 51.8. The van der Waals surface area contributed by atoms with Crippen LogP contribution in [-0.2, 0) is 56.0 Å². The second kappa shape index (κ2) is 22.6. The minimum Gasteiger partial charge on any atom is -0.870 e. The van der Waals surface area contributed by atoms with E-state index in [0.29, 0.717) is 93.1 Å². The van der Waals surface area contributed by atoms with Crippen molar-refractivity contribution in [3.8, 4) is 11.5 Å². The molecule has 0 aliphatic heterocycles. The maximum absolute atomic E-state index is 13.2. The van der Waals surface area contributed by atoms with Crippen molar-refractivity contribution in [1.29, 1.82) is 0 Å². The summed E-state index contributed by atoms with van der Waals surface area (Å²) in [6.45, 7) is 13.2. The van der Waals surface area contributed by atoms with Crippen molar-refractivity contribution in [3.63, 3.8) is 0 Å². The molecule has 4 aromatic carbocycles. The number of ether oxygens (including phenoxy) is 2. The Morgan fingerprint density at radius 3 is 1.58 bits per heavy atom. The molecule has 0 unspecified atom stereocenters. The zero-order valence-electron chi connectivity index (χ0n) is 36.7. The van der Waals surface area contributed by atoms with E-state index in [2.05, 4.69) is 25.1 Å². The average molecular weight is 944 g/mol. The van der Waals surface area contributed by atoms with Gasteiger partial charge in [0.15, 0.2) is 22.6 Å². The summed E-state index contributed by atoms with van der Waals surface area (Å²) in [6, 6.07) is 17.0. The van der Waals surface area contributed by atoms with Crippen LogP contribution in [0.2, 0.25) is 0 Å². The van der Waals surface area contributed by atoms with Crippen molar-refractivity contribution >= 4 is 50.0 Å². The van der Waals surface area contributed by atoms with Gasteiger partial charge in [0.05, 0.1) is 65.1 Å². The number of benzene rings is 4. The van der Waals surface area contributed by atoms with Gasteiger partial charge in [-0.15, -0.1) is 0 Å². The number of carboxylic acids is 1. The molecule has 0 fully saturated rings. The molecule has 8 aromatic rings. The predicted molar refractivity (Wildman–Crippen MR) is 229 cm³/mol. The Labute approximate surface area is 401 Å². The second-order valence-corrected chi connectivity index (χ2v) is 15.2. The molecule has 8 rings (SSSR count). The third-order valence-electron chi connectivity index (χ3n) is 10.5. The Morgan fingerprint density at radius 2 is 1.16 bits per heavy atom. The molecule has 348 valence electrons. The van der Waals surface area contributed by atoms with E-state index in [0.717, 1.165) is 34.1 Å². The number of carbonyl (C=O) groups is 1. The van der Waals surface area contributed by atoms with Crippen molar-refractivity contribution in [2.45, 2.75) is 90.8 Å². The molecule has 0 bridgehead atoms. The van der Waals surface area contributed by atoms with Crippen LogP contribution in [0.25, 0.3) is 48.9 Å². The normalized spacial score (nSPS) is 11.6. The summed E-state index contributed by atoms with van der Waals surface area (Å²) in [5.41, 5.74) is 4.43. The first-order valence-electron chi connectivity index (χ1n) is 20.8. The maximum atomic E-state index is 13.2. The first-order valence-corrected chi connectivity index (χ1v) is 20.8. The van der Waals surface area contributed by atoms with Crippen LogP contribution in [0.3, 0.4) is 0 Å². The molecule has 2 N–H and O–H groups in total. The van der Waals surface area contributed by atoms with Crippen LogP contribution in [-0.4, -0.2) is 59.2 Å². The molecule has 0 saturated carbocycles. The van der Waals surface area contributed by atoms with Gasteiger partial charge in [0, 0.05) is 29.8 Å². The smallest absolute Gasteiger partial charge is 0.870 e. The fourth-order valence-corrected chi connectivity index (χ4v) is 7.62. The van der Waals surface area contributed by atoms with Gasteiger partial charge in [-0.25, -0.2) is 16.5 Å². The van der Waals surface area contributed by atoms with Crippen LogP contribution >= 0.6 is 0 Å². The molecule has 0 amide bonds. The van der Waals surface area contributed by atoms with Crippen molar-refractivity contribution in [1.82, 2.24) is 29.4 Å². The average Bonchev–Trinajstić information content (AvgIpc) is 4.07. The molecule has 0 radical (unpaired) electrons. The largest absolute Gasteiger partial charge is 1.00 e. The summed E-state index contributed by atoms with van der Waals surface area (Å²) in [5.74, 6) is 0.109. The number of halogens is 6. The van der Waals surface area contributed by atoms with Gasteiger partial charge in [0.2, 0.25) is 6.54 Å². The number of aryl methyl sites for hydroxylation is 4. The number of imidazole rings is 2. The number of rotatable bonds is 17. The number of carboxylic acid groups (broad SMARTS) is 1. The van der Waals surface area contributed by atoms with Gasteiger partial charge in [-0.2, -0.15) is 26.3 Å². The Balaban J connectivity index is 0.000000244. The molecular weight excluding hydrogens is 900 g/mol. The van der Waals surface area contributed by atoms with Gasteiger partial charge in [0.25, 0.3) is 0 Å². The fraction of sp³-hybridized carbons (Fsp3) is 0.348. The minimum atomic E-state index is -4.58. The van der Waals surface area contributed by atoms with E-state index in [4.69, 9.17) is 30.2 Å². The minimum absolute atomic E-state index is 0. The molecule has 0 atom stereocenters. The summed E-state index contributed by atoms with van der Waals surface area (Å²) in [6.07, 6.45) is -1.97. The number of fused-ring (bicyclic) bond motifs is 4. The Kier molecular flexibility index (Phi) is 17.5. The maximum Gasteiger partial charge on any atom is 1.00 e. The van der Waals surface area contributed by atoms with E-state index in [-0.39, 0.29) is 63.4 Å². The van der Waals surface area contributed by atoms with Crippen LogP contribution < -0.4 is 39.0 Å². The van der Waals surface area contributed by atoms with Gasteiger partial charge in [-0.1, -0.05) is 43.1 Å². The third-order valence-corrected chi connectivity index (χ3v) is 10.5. The van der Waals surface area contributed by atoms with E-state index >= 15 is 0 Å².